The third kappa shape index (κ3) is 2.92. The van der Waals surface area contributed by atoms with Crippen LogP contribution in [-0.2, 0) is 0 Å². The molecule has 4 saturated carbocycles. The molecule has 0 amide bonds. The van der Waals surface area contributed by atoms with Crippen LogP contribution in [0.4, 0.5) is 0 Å². The maximum atomic E-state index is 6.00. The van der Waals surface area contributed by atoms with Crippen LogP contribution in [0.2, 0.25) is 0 Å². The topological polar surface area (TPSA) is 0 Å². The summed E-state index contributed by atoms with van der Waals surface area (Å²) >= 11 is 6.00. The number of fused-ring (bicyclic) bond motifs is 5. The van der Waals surface area contributed by atoms with E-state index in [1.807, 2.05) is 0 Å². The molecule has 4 rings (SSSR count). The zero-order valence-electron chi connectivity index (χ0n) is 17.0. The Kier molecular flexibility index (Phi) is 5.24. The van der Waals surface area contributed by atoms with Gasteiger partial charge in [-0.3, -0.25) is 0 Å². The van der Waals surface area contributed by atoms with E-state index in [4.69, 9.17) is 11.6 Å². The number of halogens is 1. The van der Waals surface area contributed by atoms with Gasteiger partial charge >= 0.3 is 0 Å². The van der Waals surface area contributed by atoms with Crippen molar-refractivity contribution in [2.24, 2.45) is 46.3 Å². The first-order valence-corrected chi connectivity index (χ1v) is 12.1. The number of rotatable bonds is 4. The lowest BCUT2D eigenvalue weighted by atomic mass is 9.44. The second kappa shape index (κ2) is 7.03. The van der Waals surface area contributed by atoms with Gasteiger partial charge in [0.1, 0.15) is 0 Å². The lowest BCUT2D eigenvalue weighted by Crippen LogP contribution is -2.53. The van der Waals surface area contributed by atoms with E-state index < -0.39 is 0 Å². The fraction of sp³-hybridized carbons (Fsp3) is 1.00. The Hall–Kier alpha value is 0.290. The van der Waals surface area contributed by atoms with E-state index in [0.29, 0.717) is 10.8 Å². The molecule has 4 aliphatic rings. The lowest BCUT2D eigenvalue weighted by molar-refractivity contribution is -0.114. The minimum Gasteiger partial charge on any atom is -0.127 e. The quantitative estimate of drug-likeness (QED) is 0.448. The van der Waals surface area contributed by atoms with Crippen molar-refractivity contribution in [3.05, 3.63) is 0 Å². The molecule has 0 bridgehead atoms. The molecule has 0 saturated heterocycles. The van der Waals surface area contributed by atoms with Crippen LogP contribution in [0.15, 0.2) is 0 Å². The number of hydrogen-bond donors (Lipinski definition) is 0. The lowest BCUT2D eigenvalue weighted by Gasteiger charge is -2.61. The summed E-state index contributed by atoms with van der Waals surface area (Å²) in [5.74, 6) is 6.91. The summed E-state index contributed by atoms with van der Waals surface area (Å²) in [5.41, 5.74) is 1.34. The molecule has 1 heteroatoms. The van der Waals surface area contributed by atoms with Crippen LogP contribution in [0.5, 0.6) is 0 Å². The zero-order chi connectivity index (χ0) is 17.7. The maximum Gasteiger partial charge on any atom is 0.0223 e. The third-order valence-corrected chi connectivity index (χ3v) is 10.4. The zero-order valence-corrected chi connectivity index (χ0v) is 17.8. The summed E-state index contributed by atoms with van der Waals surface area (Å²) in [6.07, 6.45) is 17.9. The molecule has 25 heavy (non-hydrogen) atoms. The fourth-order valence-electron chi connectivity index (χ4n) is 8.87. The van der Waals surface area contributed by atoms with Gasteiger partial charge in [0.05, 0.1) is 0 Å². The molecule has 0 radical (unpaired) electrons. The summed E-state index contributed by atoms with van der Waals surface area (Å²) in [4.78, 5) is 0. The molecular formula is C24H41Cl. The Morgan fingerprint density at radius 2 is 1.68 bits per heavy atom. The summed E-state index contributed by atoms with van der Waals surface area (Å²) in [6.45, 7) is 7.96. The van der Waals surface area contributed by atoms with Gasteiger partial charge in [-0.1, -0.05) is 33.6 Å². The molecule has 0 aromatic rings. The molecule has 0 N–H and O–H groups in total. The van der Waals surface area contributed by atoms with E-state index in [-0.39, 0.29) is 0 Å². The first kappa shape index (κ1) is 18.6. The Labute approximate surface area is 161 Å². The molecule has 0 aliphatic heterocycles. The normalized spacial score (nSPS) is 50.6. The monoisotopic (exact) mass is 364 g/mol. The van der Waals surface area contributed by atoms with Crippen molar-refractivity contribution >= 4 is 11.6 Å². The Morgan fingerprint density at radius 1 is 0.880 bits per heavy atom. The highest BCUT2D eigenvalue weighted by Crippen LogP contribution is 2.68. The van der Waals surface area contributed by atoms with Gasteiger partial charge in [-0.15, -0.1) is 11.6 Å². The van der Waals surface area contributed by atoms with Crippen molar-refractivity contribution in [1.82, 2.24) is 0 Å². The van der Waals surface area contributed by atoms with Crippen molar-refractivity contribution < 1.29 is 0 Å². The van der Waals surface area contributed by atoms with Crippen molar-refractivity contribution in [2.45, 2.75) is 97.8 Å². The number of hydrogen-bond acceptors (Lipinski definition) is 0. The molecule has 0 heterocycles. The van der Waals surface area contributed by atoms with E-state index in [1.54, 1.807) is 25.7 Å². The largest absolute Gasteiger partial charge is 0.127 e. The van der Waals surface area contributed by atoms with Crippen LogP contribution in [0.25, 0.3) is 0 Å². The Morgan fingerprint density at radius 3 is 2.48 bits per heavy atom. The van der Waals surface area contributed by atoms with Crippen LogP contribution in [0.3, 0.4) is 0 Å². The molecule has 0 aromatic carbocycles. The molecule has 1 unspecified atom stereocenters. The first-order valence-electron chi connectivity index (χ1n) is 11.6. The first-order chi connectivity index (χ1) is 12.0. The Bertz CT molecular complexity index is 473. The van der Waals surface area contributed by atoms with Crippen LogP contribution in [0.1, 0.15) is 97.8 Å². The minimum atomic E-state index is 0.644. The van der Waals surface area contributed by atoms with Crippen molar-refractivity contribution in [3.63, 3.8) is 0 Å². The molecule has 0 nitrogen and oxygen atoms in total. The molecule has 4 aliphatic carbocycles. The summed E-state index contributed by atoms with van der Waals surface area (Å²) in [7, 11) is 0. The highest BCUT2D eigenvalue weighted by molar-refractivity contribution is 6.17. The molecule has 0 spiro atoms. The average molecular weight is 365 g/mol. The van der Waals surface area contributed by atoms with Gasteiger partial charge in [0, 0.05) is 5.88 Å². The van der Waals surface area contributed by atoms with E-state index in [9.17, 15) is 0 Å². The highest BCUT2D eigenvalue weighted by atomic mass is 35.5. The fourth-order valence-corrected chi connectivity index (χ4v) is 9.03. The minimum absolute atomic E-state index is 0.644. The molecule has 144 valence electrons. The van der Waals surface area contributed by atoms with E-state index in [1.165, 1.54) is 51.4 Å². The van der Waals surface area contributed by atoms with E-state index in [2.05, 4.69) is 20.8 Å². The molecular weight excluding hydrogens is 324 g/mol. The van der Waals surface area contributed by atoms with Crippen LogP contribution < -0.4 is 0 Å². The third-order valence-electron chi connectivity index (χ3n) is 10.1. The van der Waals surface area contributed by atoms with Crippen molar-refractivity contribution in [2.75, 3.05) is 5.88 Å². The van der Waals surface area contributed by atoms with E-state index >= 15 is 0 Å². The van der Waals surface area contributed by atoms with Gasteiger partial charge in [0.25, 0.3) is 0 Å². The van der Waals surface area contributed by atoms with Crippen molar-refractivity contribution in [3.8, 4) is 0 Å². The van der Waals surface area contributed by atoms with Gasteiger partial charge in [0.15, 0.2) is 0 Å². The summed E-state index contributed by atoms with van der Waals surface area (Å²) in [5, 5.41) is 0. The predicted octanol–water partition coefficient (Wildman–Crippen LogP) is 7.69. The summed E-state index contributed by atoms with van der Waals surface area (Å²) < 4.78 is 0. The standard InChI is InChI=1S/C24H41Cl/c1-17(7-6-16-25)20-11-12-21-19-10-9-18-8-4-5-14-23(18,2)22(19)13-15-24(20,21)3/h17-22H,4-16H2,1-3H3/t17-,18?,19+,20-,21+,22+,23+,24-/m1/s1. The summed E-state index contributed by atoms with van der Waals surface area (Å²) in [6, 6.07) is 0. The molecule has 0 aromatic heterocycles. The second-order valence-electron chi connectivity index (χ2n) is 10.9. The van der Waals surface area contributed by atoms with Gasteiger partial charge < -0.3 is 0 Å². The van der Waals surface area contributed by atoms with Crippen LogP contribution >= 0.6 is 11.6 Å². The van der Waals surface area contributed by atoms with Crippen molar-refractivity contribution in [1.29, 1.82) is 0 Å². The van der Waals surface area contributed by atoms with Gasteiger partial charge in [-0.2, -0.15) is 0 Å². The molecule has 4 fully saturated rings. The predicted molar refractivity (Wildman–Crippen MR) is 109 cm³/mol. The highest BCUT2D eigenvalue weighted by Gasteiger charge is 2.59. The van der Waals surface area contributed by atoms with E-state index in [0.717, 1.165) is 41.4 Å². The van der Waals surface area contributed by atoms with Crippen LogP contribution in [-0.4, -0.2) is 5.88 Å². The van der Waals surface area contributed by atoms with Crippen LogP contribution in [0, 0.1) is 46.3 Å². The smallest absolute Gasteiger partial charge is 0.0223 e. The average Bonchev–Trinajstić information content (AvgIpc) is 2.96. The second-order valence-corrected chi connectivity index (χ2v) is 11.3. The number of alkyl halides is 1. The SMILES string of the molecule is C[C@H](CCCCl)[C@H]1CC[C@H]2[C@@H]3CCC4CCCC[C@]4(C)[C@H]3CC[C@]12C. The van der Waals surface area contributed by atoms with Gasteiger partial charge in [0.2, 0.25) is 0 Å². The maximum absolute atomic E-state index is 6.00. The van der Waals surface area contributed by atoms with Gasteiger partial charge in [-0.05, 0) is 111 Å². The molecule has 8 atom stereocenters. The Balaban J connectivity index is 1.53. The van der Waals surface area contributed by atoms with Gasteiger partial charge in [-0.25, -0.2) is 0 Å².